The molecule has 0 fully saturated rings. The van der Waals surface area contributed by atoms with Crippen molar-refractivity contribution in [2.45, 2.75) is 6.18 Å². The largest absolute Gasteiger partial charge is 0.418 e. The van der Waals surface area contributed by atoms with Gasteiger partial charge >= 0.3 is 6.18 Å². The van der Waals surface area contributed by atoms with E-state index in [2.05, 4.69) is 9.97 Å². The van der Waals surface area contributed by atoms with E-state index < -0.39 is 11.7 Å². The Labute approximate surface area is 112 Å². The zero-order valence-electron chi connectivity index (χ0n) is 10.2. The molecular weight excluding hydrogens is 267 g/mol. The summed E-state index contributed by atoms with van der Waals surface area (Å²) in [5.41, 5.74) is 6.63. The molecule has 0 aliphatic heterocycles. The van der Waals surface area contributed by atoms with Gasteiger partial charge in [0.25, 0.3) is 0 Å². The molecule has 0 bridgehead atoms. The van der Waals surface area contributed by atoms with Crippen molar-refractivity contribution in [2.75, 3.05) is 5.73 Å². The number of nitrogens with two attached hydrogens (primary N) is 1. The van der Waals surface area contributed by atoms with Crippen molar-refractivity contribution in [2.24, 2.45) is 0 Å². The predicted octanol–water partition coefficient (Wildman–Crippen LogP) is 3.83. The number of H-pyrrole nitrogens is 1. The molecule has 0 unspecified atom stereocenters. The van der Waals surface area contributed by atoms with Crippen molar-refractivity contribution in [1.82, 2.24) is 9.97 Å². The van der Waals surface area contributed by atoms with E-state index in [-0.39, 0.29) is 5.52 Å². The number of halogens is 3. The third-order valence-electron chi connectivity index (χ3n) is 3.08. The van der Waals surface area contributed by atoms with E-state index in [0.29, 0.717) is 22.3 Å². The molecule has 0 radical (unpaired) electrons. The summed E-state index contributed by atoms with van der Waals surface area (Å²) in [6.07, 6.45) is -1.39. The number of benzene rings is 1. The Morgan fingerprint density at radius 3 is 2.55 bits per heavy atom. The maximum Gasteiger partial charge on any atom is 0.418 e. The van der Waals surface area contributed by atoms with Crippen LogP contribution in [0.3, 0.4) is 0 Å². The maximum absolute atomic E-state index is 12.9. The Morgan fingerprint density at radius 1 is 1.10 bits per heavy atom. The number of fused-ring (bicyclic) bond motifs is 1. The van der Waals surface area contributed by atoms with E-state index in [1.807, 2.05) is 0 Å². The van der Waals surface area contributed by atoms with Crippen LogP contribution in [-0.4, -0.2) is 9.97 Å². The van der Waals surface area contributed by atoms with E-state index in [1.54, 1.807) is 18.2 Å². The Morgan fingerprint density at radius 2 is 1.90 bits per heavy atom. The van der Waals surface area contributed by atoms with Crippen LogP contribution in [0.4, 0.5) is 18.9 Å². The fourth-order valence-electron chi connectivity index (χ4n) is 2.17. The minimum atomic E-state index is -4.39. The number of alkyl halides is 3. The predicted molar refractivity (Wildman–Crippen MR) is 70.9 cm³/mol. The molecule has 102 valence electrons. The molecule has 3 N–H and O–H groups in total. The van der Waals surface area contributed by atoms with Crippen molar-refractivity contribution < 1.29 is 13.2 Å². The van der Waals surface area contributed by atoms with Gasteiger partial charge in [-0.1, -0.05) is 12.1 Å². The third-order valence-corrected chi connectivity index (χ3v) is 3.08. The van der Waals surface area contributed by atoms with Crippen LogP contribution in [0.5, 0.6) is 0 Å². The van der Waals surface area contributed by atoms with E-state index in [1.165, 1.54) is 18.5 Å². The lowest BCUT2D eigenvalue weighted by Gasteiger charge is -2.07. The van der Waals surface area contributed by atoms with Gasteiger partial charge in [-0.2, -0.15) is 13.2 Å². The molecule has 0 saturated heterocycles. The zero-order valence-corrected chi connectivity index (χ0v) is 10.2. The first-order chi connectivity index (χ1) is 9.47. The number of nitrogens with zero attached hydrogens (tertiary/aromatic N) is 1. The van der Waals surface area contributed by atoms with Gasteiger partial charge < -0.3 is 10.7 Å². The summed E-state index contributed by atoms with van der Waals surface area (Å²) < 4.78 is 38.8. The fraction of sp³-hybridized carbons (Fsp3) is 0.0714. The number of nitrogen functional groups attached to an aromatic ring is 1. The second-order valence-electron chi connectivity index (χ2n) is 4.41. The summed E-state index contributed by atoms with van der Waals surface area (Å²) in [4.78, 5) is 6.82. The van der Waals surface area contributed by atoms with Crippen molar-refractivity contribution in [3.05, 3.63) is 48.3 Å². The van der Waals surface area contributed by atoms with Crippen LogP contribution in [0.15, 0.2) is 42.7 Å². The average molecular weight is 277 g/mol. The summed E-state index contributed by atoms with van der Waals surface area (Å²) in [5, 5.41) is 0.483. The normalized spacial score (nSPS) is 11.9. The van der Waals surface area contributed by atoms with Gasteiger partial charge in [0, 0.05) is 17.1 Å². The number of rotatable bonds is 1. The Kier molecular flexibility index (Phi) is 2.67. The van der Waals surface area contributed by atoms with Gasteiger partial charge in [-0.3, -0.25) is 4.98 Å². The summed E-state index contributed by atoms with van der Waals surface area (Å²) >= 11 is 0. The first-order valence-corrected chi connectivity index (χ1v) is 5.86. The zero-order chi connectivity index (χ0) is 14.3. The standard InChI is InChI=1S/C14H10F3N3/c15-14(16,17)11-3-1-2-9-10(7-20-13(9)11)12-5-4-8(18)6-19-12/h1-7,20H,18H2. The summed E-state index contributed by atoms with van der Waals surface area (Å²) in [7, 11) is 0. The fourth-order valence-corrected chi connectivity index (χ4v) is 2.17. The molecule has 20 heavy (non-hydrogen) atoms. The molecule has 1 aromatic carbocycles. The first kappa shape index (κ1) is 12.5. The summed E-state index contributed by atoms with van der Waals surface area (Å²) in [6, 6.07) is 7.42. The summed E-state index contributed by atoms with van der Waals surface area (Å²) in [6.45, 7) is 0. The highest BCUT2D eigenvalue weighted by atomic mass is 19.4. The number of hydrogen-bond acceptors (Lipinski definition) is 2. The van der Waals surface area contributed by atoms with Crippen LogP contribution in [-0.2, 0) is 6.18 Å². The molecule has 3 aromatic rings. The summed E-state index contributed by atoms with van der Waals surface area (Å²) in [5.74, 6) is 0. The van der Waals surface area contributed by atoms with Gasteiger partial charge in [-0.05, 0) is 18.2 Å². The van der Waals surface area contributed by atoms with Crippen molar-refractivity contribution >= 4 is 16.6 Å². The second-order valence-corrected chi connectivity index (χ2v) is 4.41. The van der Waals surface area contributed by atoms with Crippen LogP contribution in [0.25, 0.3) is 22.2 Å². The van der Waals surface area contributed by atoms with E-state index in [4.69, 9.17) is 5.73 Å². The molecule has 0 aliphatic rings. The molecule has 0 aliphatic carbocycles. The topological polar surface area (TPSA) is 54.7 Å². The van der Waals surface area contributed by atoms with Gasteiger partial charge in [0.05, 0.1) is 28.7 Å². The monoisotopic (exact) mass is 277 g/mol. The molecule has 2 heterocycles. The molecule has 0 atom stereocenters. The van der Waals surface area contributed by atoms with Gasteiger partial charge in [0.15, 0.2) is 0 Å². The first-order valence-electron chi connectivity index (χ1n) is 5.86. The number of aromatic nitrogens is 2. The van der Waals surface area contributed by atoms with Crippen LogP contribution in [0.2, 0.25) is 0 Å². The lowest BCUT2D eigenvalue weighted by molar-refractivity contribution is -0.136. The minimum absolute atomic E-state index is 0.0635. The number of para-hydroxylation sites is 1. The lowest BCUT2D eigenvalue weighted by Crippen LogP contribution is -2.05. The number of aromatic amines is 1. The minimum Gasteiger partial charge on any atom is -0.397 e. The van der Waals surface area contributed by atoms with Crippen molar-refractivity contribution in [1.29, 1.82) is 0 Å². The highest BCUT2D eigenvalue weighted by Crippen LogP contribution is 2.37. The van der Waals surface area contributed by atoms with Crippen LogP contribution in [0, 0.1) is 0 Å². The van der Waals surface area contributed by atoms with Crippen molar-refractivity contribution in [3.8, 4) is 11.3 Å². The highest BCUT2D eigenvalue weighted by Gasteiger charge is 2.33. The molecule has 0 saturated carbocycles. The quantitative estimate of drug-likeness (QED) is 0.710. The molecule has 0 amide bonds. The molecule has 2 aromatic heterocycles. The SMILES string of the molecule is Nc1ccc(-c2c[nH]c3c(C(F)(F)F)cccc23)nc1. The lowest BCUT2D eigenvalue weighted by atomic mass is 10.1. The van der Waals surface area contributed by atoms with Crippen molar-refractivity contribution in [3.63, 3.8) is 0 Å². The van der Waals surface area contributed by atoms with Gasteiger partial charge in [0.1, 0.15) is 0 Å². The molecule has 6 heteroatoms. The second kappa shape index (κ2) is 4.26. The molecule has 0 spiro atoms. The smallest absolute Gasteiger partial charge is 0.397 e. The van der Waals surface area contributed by atoms with Gasteiger partial charge in [-0.15, -0.1) is 0 Å². The van der Waals surface area contributed by atoms with Crippen LogP contribution < -0.4 is 5.73 Å². The molecular formula is C14H10F3N3. The maximum atomic E-state index is 12.9. The van der Waals surface area contributed by atoms with Crippen LogP contribution >= 0.6 is 0 Å². The van der Waals surface area contributed by atoms with Gasteiger partial charge in [-0.25, -0.2) is 0 Å². The number of nitrogens with one attached hydrogen (secondary N) is 1. The van der Waals surface area contributed by atoms with E-state index in [9.17, 15) is 13.2 Å². The Balaban J connectivity index is 2.22. The number of hydrogen-bond donors (Lipinski definition) is 2. The number of pyridine rings is 1. The third kappa shape index (κ3) is 1.99. The molecule has 3 rings (SSSR count). The van der Waals surface area contributed by atoms with E-state index >= 15 is 0 Å². The molecule has 3 nitrogen and oxygen atoms in total. The van der Waals surface area contributed by atoms with E-state index in [0.717, 1.165) is 6.07 Å². The Bertz CT molecular complexity index is 757. The average Bonchev–Trinajstić information content (AvgIpc) is 2.82. The number of anilines is 1. The van der Waals surface area contributed by atoms with Gasteiger partial charge in [0.2, 0.25) is 0 Å². The van der Waals surface area contributed by atoms with Crippen LogP contribution in [0.1, 0.15) is 5.56 Å². The highest BCUT2D eigenvalue weighted by molar-refractivity contribution is 5.96. The Hall–Kier alpha value is -2.50.